The topological polar surface area (TPSA) is 49.4 Å². The van der Waals surface area contributed by atoms with Crippen molar-refractivity contribution in [2.24, 2.45) is 0 Å². The van der Waals surface area contributed by atoms with Crippen LogP contribution in [0.25, 0.3) is 0 Å². The first-order valence-electron chi connectivity index (χ1n) is 7.05. The average molecular weight is 349 g/mol. The summed E-state index contributed by atoms with van der Waals surface area (Å²) in [6.07, 6.45) is 0. The van der Waals surface area contributed by atoms with Crippen molar-refractivity contribution in [3.8, 4) is 0 Å². The molecule has 0 aliphatic carbocycles. The van der Waals surface area contributed by atoms with Gasteiger partial charge in [-0.3, -0.25) is 9.69 Å². The van der Waals surface area contributed by atoms with Crippen molar-refractivity contribution in [3.63, 3.8) is 0 Å². The summed E-state index contributed by atoms with van der Waals surface area (Å²) < 4.78 is 0. The Morgan fingerprint density at radius 1 is 1.04 bits per heavy atom. The molecule has 1 N–H and O–H groups in total. The van der Waals surface area contributed by atoms with Gasteiger partial charge in [0.05, 0.1) is 16.6 Å². The quantitative estimate of drug-likeness (QED) is 0.853. The fourth-order valence-electron chi connectivity index (χ4n) is 2.61. The zero-order valence-corrected chi connectivity index (χ0v) is 13.9. The minimum atomic E-state index is -1.15. The Kier molecular flexibility index (Phi) is 4.04. The Morgan fingerprint density at radius 2 is 1.74 bits per heavy atom. The van der Waals surface area contributed by atoms with Crippen molar-refractivity contribution in [2.45, 2.75) is 19.0 Å². The molecule has 0 saturated carbocycles. The van der Waals surface area contributed by atoms with Crippen LogP contribution < -0.4 is 5.32 Å². The van der Waals surface area contributed by atoms with Gasteiger partial charge >= 0.3 is 6.03 Å². The summed E-state index contributed by atoms with van der Waals surface area (Å²) in [4.78, 5) is 26.3. The Hall–Kier alpha value is -2.04. The third kappa shape index (κ3) is 2.80. The molecular weight excluding hydrogens is 335 g/mol. The standard InChI is InChI=1S/C17H14Cl2N2O2/c1-17(12-7-8-13(18)14(19)9-12)15(22)21(16(23)20-17)10-11-5-3-2-4-6-11/h2-9H,10H2,1H3,(H,20,23). The van der Waals surface area contributed by atoms with Crippen LogP contribution in [0.1, 0.15) is 18.1 Å². The minimum absolute atomic E-state index is 0.225. The summed E-state index contributed by atoms with van der Waals surface area (Å²) in [7, 11) is 0. The molecule has 4 nitrogen and oxygen atoms in total. The molecule has 6 heteroatoms. The molecule has 2 aromatic carbocycles. The SMILES string of the molecule is CC1(c2ccc(Cl)c(Cl)c2)NC(=O)N(Cc2ccccc2)C1=O. The second kappa shape index (κ2) is 5.87. The van der Waals surface area contributed by atoms with Crippen LogP contribution >= 0.6 is 23.2 Å². The molecule has 3 rings (SSSR count). The number of benzene rings is 2. The second-order valence-electron chi connectivity index (χ2n) is 5.56. The van der Waals surface area contributed by atoms with E-state index in [1.165, 1.54) is 4.90 Å². The minimum Gasteiger partial charge on any atom is -0.319 e. The van der Waals surface area contributed by atoms with E-state index in [1.807, 2.05) is 30.3 Å². The lowest BCUT2D eigenvalue weighted by molar-refractivity contribution is -0.131. The van der Waals surface area contributed by atoms with Crippen molar-refractivity contribution >= 4 is 35.1 Å². The number of nitrogens with one attached hydrogen (secondary N) is 1. The van der Waals surface area contributed by atoms with Gasteiger partial charge in [-0.15, -0.1) is 0 Å². The van der Waals surface area contributed by atoms with Crippen molar-refractivity contribution in [2.75, 3.05) is 0 Å². The number of carbonyl (C=O) groups excluding carboxylic acids is 2. The first-order chi connectivity index (χ1) is 10.9. The summed E-state index contributed by atoms with van der Waals surface area (Å²) >= 11 is 12.0. The van der Waals surface area contributed by atoms with E-state index >= 15 is 0 Å². The highest BCUT2D eigenvalue weighted by Gasteiger charge is 2.49. The van der Waals surface area contributed by atoms with Crippen LogP contribution in [0.5, 0.6) is 0 Å². The van der Waals surface area contributed by atoms with Crippen LogP contribution in [0.4, 0.5) is 4.79 Å². The third-order valence-electron chi connectivity index (χ3n) is 3.96. The van der Waals surface area contributed by atoms with E-state index in [1.54, 1.807) is 25.1 Å². The van der Waals surface area contributed by atoms with Crippen LogP contribution in [0.15, 0.2) is 48.5 Å². The maximum atomic E-state index is 12.8. The summed E-state index contributed by atoms with van der Waals surface area (Å²) in [5.41, 5.74) is 0.329. The Bertz CT molecular complexity index is 779. The molecule has 1 atom stereocenters. The number of imide groups is 1. The Balaban J connectivity index is 1.92. The molecular formula is C17H14Cl2N2O2. The molecule has 0 radical (unpaired) electrons. The highest BCUT2D eigenvalue weighted by Crippen LogP contribution is 2.33. The number of hydrogen-bond donors (Lipinski definition) is 1. The maximum Gasteiger partial charge on any atom is 0.325 e. The molecule has 0 aromatic heterocycles. The number of amides is 3. The molecule has 1 unspecified atom stereocenters. The summed E-state index contributed by atoms with van der Waals surface area (Å²) in [5, 5.41) is 3.49. The largest absolute Gasteiger partial charge is 0.325 e. The highest BCUT2D eigenvalue weighted by molar-refractivity contribution is 6.42. The predicted molar refractivity (Wildman–Crippen MR) is 89.3 cm³/mol. The van der Waals surface area contributed by atoms with E-state index in [2.05, 4.69) is 5.32 Å². The van der Waals surface area contributed by atoms with Gasteiger partial charge in [-0.25, -0.2) is 4.79 Å². The molecule has 1 aliphatic heterocycles. The van der Waals surface area contributed by atoms with Crippen LogP contribution in [-0.4, -0.2) is 16.8 Å². The molecule has 23 heavy (non-hydrogen) atoms. The molecule has 0 bridgehead atoms. The highest BCUT2D eigenvalue weighted by atomic mass is 35.5. The summed E-state index contributed by atoms with van der Waals surface area (Å²) in [6, 6.07) is 13.8. The normalized spacial score (nSPS) is 20.7. The van der Waals surface area contributed by atoms with Gasteiger partial charge in [-0.2, -0.15) is 0 Å². The first-order valence-corrected chi connectivity index (χ1v) is 7.81. The van der Waals surface area contributed by atoms with E-state index < -0.39 is 11.6 Å². The van der Waals surface area contributed by atoms with Gasteiger partial charge in [0.1, 0.15) is 5.54 Å². The molecule has 3 amide bonds. The van der Waals surface area contributed by atoms with Gasteiger partial charge < -0.3 is 5.32 Å². The molecule has 2 aromatic rings. The number of carbonyl (C=O) groups is 2. The first kappa shape index (κ1) is 15.8. The maximum absolute atomic E-state index is 12.8. The van der Waals surface area contributed by atoms with E-state index in [4.69, 9.17) is 23.2 Å². The predicted octanol–water partition coefficient (Wildman–Crippen LogP) is 3.96. The van der Waals surface area contributed by atoms with Crippen LogP contribution in [-0.2, 0) is 16.9 Å². The molecule has 1 heterocycles. The number of halogens is 2. The zero-order valence-electron chi connectivity index (χ0n) is 12.3. The molecule has 0 spiro atoms. The van der Waals surface area contributed by atoms with E-state index in [9.17, 15) is 9.59 Å². The molecule has 118 valence electrons. The van der Waals surface area contributed by atoms with Gasteiger partial charge in [0.25, 0.3) is 5.91 Å². The van der Waals surface area contributed by atoms with Gasteiger partial charge in [-0.05, 0) is 30.2 Å². The van der Waals surface area contributed by atoms with Gasteiger partial charge in [0, 0.05) is 0 Å². The molecule has 1 aliphatic rings. The van der Waals surface area contributed by atoms with Crippen molar-refractivity contribution in [1.29, 1.82) is 0 Å². The fourth-order valence-corrected chi connectivity index (χ4v) is 2.91. The van der Waals surface area contributed by atoms with Crippen LogP contribution in [0, 0.1) is 0 Å². The zero-order chi connectivity index (χ0) is 16.6. The van der Waals surface area contributed by atoms with Gasteiger partial charge in [-0.1, -0.05) is 59.6 Å². The lowest BCUT2D eigenvalue weighted by atomic mass is 9.92. The average Bonchev–Trinajstić information content (AvgIpc) is 2.75. The van der Waals surface area contributed by atoms with Crippen molar-refractivity contribution in [3.05, 3.63) is 69.7 Å². The molecule has 1 saturated heterocycles. The lowest BCUT2D eigenvalue weighted by Gasteiger charge is -2.22. The third-order valence-corrected chi connectivity index (χ3v) is 4.69. The Morgan fingerprint density at radius 3 is 2.39 bits per heavy atom. The number of urea groups is 1. The van der Waals surface area contributed by atoms with E-state index in [0.717, 1.165) is 5.56 Å². The van der Waals surface area contributed by atoms with Crippen molar-refractivity contribution < 1.29 is 9.59 Å². The van der Waals surface area contributed by atoms with Crippen LogP contribution in [0.3, 0.4) is 0 Å². The van der Waals surface area contributed by atoms with Crippen LogP contribution in [0.2, 0.25) is 10.0 Å². The van der Waals surface area contributed by atoms with E-state index in [-0.39, 0.29) is 12.5 Å². The van der Waals surface area contributed by atoms with Gasteiger partial charge in [0.2, 0.25) is 0 Å². The smallest absolute Gasteiger partial charge is 0.319 e. The number of rotatable bonds is 3. The van der Waals surface area contributed by atoms with E-state index in [0.29, 0.717) is 15.6 Å². The second-order valence-corrected chi connectivity index (χ2v) is 6.38. The number of nitrogens with zero attached hydrogens (tertiary/aromatic N) is 1. The van der Waals surface area contributed by atoms with Crippen molar-refractivity contribution in [1.82, 2.24) is 10.2 Å². The van der Waals surface area contributed by atoms with Gasteiger partial charge in [0.15, 0.2) is 0 Å². The fraction of sp³-hybridized carbons (Fsp3) is 0.176. The number of hydrogen-bond acceptors (Lipinski definition) is 2. The molecule has 1 fully saturated rings. The summed E-state index contributed by atoms with van der Waals surface area (Å²) in [6.45, 7) is 1.89. The summed E-state index contributed by atoms with van der Waals surface area (Å²) in [5.74, 6) is -0.315. The monoisotopic (exact) mass is 348 g/mol. The Labute approximate surface area is 144 Å². The lowest BCUT2D eigenvalue weighted by Crippen LogP contribution is -2.40.